The number of pyridine rings is 1. The molecule has 1 saturated carbocycles. The van der Waals surface area contributed by atoms with Gasteiger partial charge in [0.15, 0.2) is 0 Å². The standard InChI is InChI=1S/C18H31N3/c1-13(2)8-9-21(15-6-7-15)17-11-14(12-19)10-16(20-17)18(3,4)5/h10-11,13,15H,6-9,12,19H2,1-5H3. The lowest BCUT2D eigenvalue weighted by Gasteiger charge is -2.27. The average Bonchev–Trinajstić information content (AvgIpc) is 3.22. The molecule has 2 rings (SSSR count). The van der Waals surface area contributed by atoms with Crippen LogP contribution in [-0.2, 0) is 12.0 Å². The third-order valence-corrected chi connectivity index (χ3v) is 4.11. The van der Waals surface area contributed by atoms with Gasteiger partial charge in [0.25, 0.3) is 0 Å². The smallest absolute Gasteiger partial charge is 0.129 e. The molecule has 0 aromatic carbocycles. The van der Waals surface area contributed by atoms with Gasteiger partial charge in [-0.1, -0.05) is 34.6 Å². The van der Waals surface area contributed by atoms with E-state index < -0.39 is 0 Å². The summed E-state index contributed by atoms with van der Waals surface area (Å²) in [5, 5.41) is 0. The molecule has 0 aliphatic heterocycles. The Labute approximate surface area is 129 Å². The topological polar surface area (TPSA) is 42.1 Å². The molecule has 1 aromatic rings. The van der Waals surface area contributed by atoms with Gasteiger partial charge in [-0.15, -0.1) is 0 Å². The summed E-state index contributed by atoms with van der Waals surface area (Å²) in [6, 6.07) is 5.04. The van der Waals surface area contributed by atoms with E-state index in [-0.39, 0.29) is 5.41 Å². The summed E-state index contributed by atoms with van der Waals surface area (Å²) in [7, 11) is 0. The van der Waals surface area contributed by atoms with E-state index in [0.29, 0.717) is 12.6 Å². The minimum atomic E-state index is 0.0627. The number of rotatable bonds is 6. The van der Waals surface area contributed by atoms with E-state index in [4.69, 9.17) is 10.7 Å². The Morgan fingerprint density at radius 2 is 1.95 bits per heavy atom. The molecular weight excluding hydrogens is 258 g/mol. The predicted molar refractivity (Wildman–Crippen MR) is 90.7 cm³/mol. The fourth-order valence-electron chi connectivity index (χ4n) is 2.49. The average molecular weight is 289 g/mol. The van der Waals surface area contributed by atoms with Gasteiger partial charge in [0, 0.05) is 30.2 Å². The highest BCUT2D eigenvalue weighted by Gasteiger charge is 2.30. The lowest BCUT2D eigenvalue weighted by molar-refractivity contribution is 0.554. The first-order valence-corrected chi connectivity index (χ1v) is 8.29. The molecule has 2 N–H and O–H groups in total. The molecule has 21 heavy (non-hydrogen) atoms. The lowest BCUT2D eigenvalue weighted by atomic mass is 9.90. The first kappa shape index (κ1) is 16.3. The van der Waals surface area contributed by atoms with E-state index in [1.165, 1.54) is 24.8 Å². The molecule has 3 heteroatoms. The first-order chi connectivity index (χ1) is 9.81. The largest absolute Gasteiger partial charge is 0.354 e. The van der Waals surface area contributed by atoms with Gasteiger partial charge in [-0.2, -0.15) is 0 Å². The number of nitrogens with two attached hydrogens (primary N) is 1. The summed E-state index contributed by atoms with van der Waals surface area (Å²) in [5.74, 6) is 1.86. The highest BCUT2D eigenvalue weighted by atomic mass is 15.2. The second-order valence-corrected chi connectivity index (χ2v) is 7.78. The molecule has 0 bridgehead atoms. The van der Waals surface area contributed by atoms with Gasteiger partial charge < -0.3 is 10.6 Å². The van der Waals surface area contributed by atoms with Crippen molar-refractivity contribution in [3.63, 3.8) is 0 Å². The first-order valence-electron chi connectivity index (χ1n) is 8.29. The molecule has 1 fully saturated rings. The minimum Gasteiger partial charge on any atom is -0.354 e. The summed E-state index contributed by atoms with van der Waals surface area (Å²) >= 11 is 0. The molecule has 0 amide bonds. The van der Waals surface area contributed by atoms with E-state index in [9.17, 15) is 0 Å². The second kappa shape index (κ2) is 6.35. The van der Waals surface area contributed by atoms with Crippen LogP contribution in [0.2, 0.25) is 0 Å². The summed E-state index contributed by atoms with van der Waals surface area (Å²) < 4.78 is 0. The van der Waals surface area contributed by atoms with E-state index in [1.807, 2.05) is 0 Å². The molecule has 1 aliphatic rings. The van der Waals surface area contributed by atoms with Crippen molar-refractivity contribution < 1.29 is 0 Å². The van der Waals surface area contributed by atoms with Crippen molar-refractivity contribution in [3.05, 3.63) is 23.4 Å². The van der Waals surface area contributed by atoms with Gasteiger partial charge in [-0.25, -0.2) is 4.98 Å². The highest BCUT2D eigenvalue weighted by Crippen LogP contribution is 2.33. The fraction of sp³-hybridized carbons (Fsp3) is 0.722. The van der Waals surface area contributed by atoms with Gasteiger partial charge in [-0.05, 0) is 42.9 Å². The molecule has 1 aliphatic carbocycles. The molecule has 0 atom stereocenters. The zero-order chi connectivity index (χ0) is 15.6. The Bertz CT molecular complexity index is 470. The number of anilines is 1. The van der Waals surface area contributed by atoms with Gasteiger partial charge in [0.1, 0.15) is 5.82 Å². The summed E-state index contributed by atoms with van der Waals surface area (Å²) in [4.78, 5) is 7.47. The molecule has 1 aromatic heterocycles. The normalized spacial score (nSPS) is 15.6. The van der Waals surface area contributed by atoms with E-state index in [2.05, 4.69) is 51.7 Å². The van der Waals surface area contributed by atoms with Crippen LogP contribution in [0.15, 0.2) is 12.1 Å². The third-order valence-electron chi connectivity index (χ3n) is 4.11. The van der Waals surface area contributed by atoms with Crippen LogP contribution in [0.1, 0.15) is 65.1 Å². The molecular formula is C18H31N3. The van der Waals surface area contributed by atoms with Crippen LogP contribution < -0.4 is 10.6 Å². The van der Waals surface area contributed by atoms with Crippen LogP contribution in [0, 0.1) is 5.92 Å². The number of aromatic nitrogens is 1. The van der Waals surface area contributed by atoms with Crippen molar-refractivity contribution in [3.8, 4) is 0 Å². The van der Waals surface area contributed by atoms with Gasteiger partial charge in [0.05, 0.1) is 0 Å². The van der Waals surface area contributed by atoms with E-state index in [1.54, 1.807) is 0 Å². The van der Waals surface area contributed by atoms with Crippen molar-refractivity contribution in [2.45, 2.75) is 71.9 Å². The molecule has 3 nitrogen and oxygen atoms in total. The lowest BCUT2D eigenvalue weighted by Crippen LogP contribution is -2.30. The van der Waals surface area contributed by atoms with Crippen LogP contribution in [0.3, 0.4) is 0 Å². The fourth-order valence-corrected chi connectivity index (χ4v) is 2.49. The highest BCUT2D eigenvalue weighted by molar-refractivity contribution is 5.46. The number of nitrogens with zero attached hydrogens (tertiary/aromatic N) is 2. The van der Waals surface area contributed by atoms with Gasteiger partial charge in [0.2, 0.25) is 0 Å². The molecule has 0 saturated heterocycles. The Morgan fingerprint density at radius 3 is 2.43 bits per heavy atom. The maximum Gasteiger partial charge on any atom is 0.129 e. The van der Waals surface area contributed by atoms with E-state index >= 15 is 0 Å². The van der Waals surface area contributed by atoms with Crippen molar-refractivity contribution >= 4 is 5.82 Å². The van der Waals surface area contributed by atoms with Crippen LogP contribution >= 0.6 is 0 Å². The number of hydrogen-bond acceptors (Lipinski definition) is 3. The van der Waals surface area contributed by atoms with Crippen molar-refractivity contribution in [2.24, 2.45) is 11.7 Å². The van der Waals surface area contributed by atoms with Crippen LogP contribution in [0.4, 0.5) is 5.82 Å². The van der Waals surface area contributed by atoms with Crippen molar-refractivity contribution in [2.75, 3.05) is 11.4 Å². The minimum absolute atomic E-state index is 0.0627. The monoisotopic (exact) mass is 289 g/mol. The predicted octanol–water partition coefficient (Wildman–Crippen LogP) is 3.85. The third kappa shape index (κ3) is 4.44. The second-order valence-electron chi connectivity index (χ2n) is 7.78. The van der Waals surface area contributed by atoms with Gasteiger partial charge >= 0.3 is 0 Å². The molecule has 0 unspecified atom stereocenters. The Hall–Kier alpha value is -1.09. The Morgan fingerprint density at radius 1 is 1.29 bits per heavy atom. The van der Waals surface area contributed by atoms with E-state index in [0.717, 1.165) is 24.0 Å². The van der Waals surface area contributed by atoms with Crippen molar-refractivity contribution in [1.29, 1.82) is 0 Å². The maximum atomic E-state index is 5.90. The Balaban J connectivity index is 2.30. The quantitative estimate of drug-likeness (QED) is 0.865. The SMILES string of the molecule is CC(C)CCN(c1cc(CN)cc(C(C)(C)C)n1)C1CC1. The van der Waals surface area contributed by atoms with Crippen molar-refractivity contribution in [1.82, 2.24) is 4.98 Å². The van der Waals surface area contributed by atoms with Gasteiger partial charge in [-0.3, -0.25) is 0 Å². The summed E-state index contributed by atoms with van der Waals surface area (Å²) in [6.45, 7) is 12.9. The molecule has 0 radical (unpaired) electrons. The van der Waals surface area contributed by atoms with Crippen LogP contribution in [0.5, 0.6) is 0 Å². The summed E-state index contributed by atoms with van der Waals surface area (Å²) in [5.41, 5.74) is 8.30. The zero-order valence-electron chi connectivity index (χ0n) is 14.3. The Kier molecular flexibility index (Phi) is 4.92. The summed E-state index contributed by atoms with van der Waals surface area (Å²) in [6.07, 6.45) is 3.82. The maximum absolute atomic E-state index is 5.90. The number of hydrogen-bond donors (Lipinski definition) is 1. The van der Waals surface area contributed by atoms with Crippen LogP contribution in [-0.4, -0.2) is 17.6 Å². The zero-order valence-corrected chi connectivity index (χ0v) is 14.3. The van der Waals surface area contributed by atoms with Crippen LogP contribution in [0.25, 0.3) is 0 Å². The molecule has 1 heterocycles. The molecule has 118 valence electrons. The molecule has 0 spiro atoms.